The molecule has 0 saturated heterocycles. The number of carboxylic acids is 1. The lowest BCUT2D eigenvalue weighted by Crippen LogP contribution is -2.17. The van der Waals surface area contributed by atoms with Gasteiger partial charge in [-0.1, -0.05) is 60.7 Å². The van der Waals surface area contributed by atoms with E-state index in [4.69, 9.17) is 0 Å². The van der Waals surface area contributed by atoms with Crippen molar-refractivity contribution in [3.05, 3.63) is 71.8 Å². The van der Waals surface area contributed by atoms with Crippen molar-refractivity contribution in [2.75, 3.05) is 6.16 Å². The summed E-state index contributed by atoms with van der Waals surface area (Å²) < 4.78 is 12.7. The molecule has 0 aliphatic rings. The molecule has 0 aromatic heterocycles. The summed E-state index contributed by atoms with van der Waals surface area (Å²) in [5, 5.41) is 9.41. The van der Waals surface area contributed by atoms with Gasteiger partial charge in [-0.05, 0) is 18.1 Å². The number of hydrogen-bond acceptors (Lipinski definition) is 2. The minimum Gasteiger partial charge on any atom is -0.481 e. The van der Waals surface area contributed by atoms with E-state index < -0.39 is 24.9 Å². The van der Waals surface area contributed by atoms with Gasteiger partial charge >= 0.3 is 5.97 Å². The first kappa shape index (κ1) is 16.5. The van der Waals surface area contributed by atoms with Crippen LogP contribution in [0.1, 0.15) is 29.6 Å². The van der Waals surface area contributed by atoms with Gasteiger partial charge in [-0.3, -0.25) is 9.36 Å². The summed E-state index contributed by atoms with van der Waals surface area (Å²) in [5.41, 5.74) is 0.689. The normalized spacial score (nSPS) is 16.5. The molecule has 3 unspecified atom stereocenters. The molecule has 22 heavy (non-hydrogen) atoms. The Bertz CT molecular complexity index is 670. The van der Waals surface area contributed by atoms with E-state index >= 15 is 0 Å². The van der Waals surface area contributed by atoms with E-state index in [0.29, 0.717) is 5.56 Å². The fourth-order valence-corrected chi connectivity index (χ4v) is 4.24. The minimum absolute atomic E-state index is 0.275. The standard InChI is InChI=1S/C17H19O4P/c1-13(14-8-4-2-5-9-14)22(20,21)12-16(17(18)19)15-10-6-3-7-11-15/h2-11,13,16H,12H2,1H3,(H,18,19)(H,20,21). The number of benzene rings is 2. The molecule has 3 atom stereocenters. The summed E-state index contributed by atoms with van der Waals surface area (Å²) in [4.78, 5) is 21.9. The van der Waals surface area contributed by atoms with Crippen LogP contribution in [0, 0.1) is 0 Å². The molecular weight excluding hydrogens is 299 g/mol. The van der Waals surface area contributed by atoms with Crippen LogP contribution in [0.2, 0.25) is 0 Å². The number of rotatable bonds is 6. The quantitative estimate of drug-likeness (QED) is 0.793. The fraction of sp³-hybridized carbons (Fsp3) is 0.235. The van der Waals surface area contributed by atoms with Gasteiger partial charge in [0.2, 0.25) is 7.37 Å². The third-order valence-corrected chi connectivity index (χ3v) is 6.23. The number of carboxylic acid groups (broad SMARTS) is 1. The molecule has 0 fully saturated rings. The van der Waals surface area contributed by atoms with Gasteiger partial charge in [0.15, 0.2) is 0 Å². The maximum absolute atomic E-state index is 12.7. The van der Waals surface area contributed by atoms with E-state index in [1.165, 1.54) is 0 Å². The van der Waals surface area contributed by atoms with Crippen molar-refractivity contribution in [1.82, 2.24) is 0 Å². The summed E-state index contributed by atoms with van der Waals surface area (Å²) in [6, 6.07) is 17.6. The van der Waals surface area contributed by atoms with Gasteiger partial charge in [-0.25, -0.2) is 0 Å². The van der Waals surface area contributed by atoms with Gasteiger partial charge in [0.1, 0.15) is 0 Å². The molecule has 2 N–H and O–H groups in total. The zero-order chi connectivity index (χ0) is 16.2. The number of aliphatic carboxylic acids is 1. The highest BCUT2D eigenvalue weighted by Crippen LogP contribution is 2.57. The van der Waals surface area contributed by atoms with Crippen molar-refractivity contribution < 1.29 is 19.4 Å². The molecule has 0 amide bonds. The van der Waals surface area contributed by atoms with E-state index in [2.05, 4.69) is 0 Å². The molecule has 0 radical (unpaired) electrons. The van der Waals surface area contributed by atoms with E-state index in [-0.39, 0.29) is 6.16 Å². The second kappa shape index (κ2) is 6.91. The highest BCUT2D eigenvalue weighted by Gasteiger charge is 2.35. The molecule has 2 aromatic carbocycles. The summed E-state index contributed by atoms with van der Waals surface area (Å²) in [6.45, 7) is 1.67. The van der Waals surface area contributed by atoms with Gasteiger partial charge in [-0.2, -0.15) is 0 Å². The Morgan fingerprint density at radius 1 is 1.00 bits per heavy atom. The van der Waals surface area contributed by atoms with Gasteiger partial charge in [0.25, 0.3) is 0 Å². The van der Waals surface area contributed by atoms with E-state index in [1.54, 1.807) is 61.5 Å². The predicted octanol–water partition coefficient (Wildman–Crippen LogP) is 3.89. The summed E-state index contributed by atoms with van der Waals surface area (Å²) in [5.74, 6) is -2.07. The molecule has 0 bridgehead atoms. The van der Waals surface area contributed by atoms with Crippen LogP contribution < -0.4 is 0 Å². The maximum Gasteiger partial charge on any atom is 0.311 e. The zero-order valence-corrected chi connectivity index (χ0v) is 13.2. The van der Waals surface area contributed by atoms with E-state index in [1.807, 2.05) is 6.07 Å². The molecule has 2 rings (SSSR count). The molecule has 116 valence electrons. The molecule has 4 nitrogen and oxygen atoms in total. The Kier molecular flexibility index (Phi) is 5.17. The van der Waals surface area contributed by atoms with Crippen LogP contribution in [0.3, 0.4) is 0 Å². The number of carbonyl (C=O) groups is 1. The van der Waals surface area contributed by atoms with Gasteiger partial charge in [0, 0.05) is 6.16 Å². The third-order valence-electron chi connectivity index (χ3n) is 3.83. The first-order valence-corrected chi connectivity index (χ1v) is 8.97. The second-order valence-electron chi connectivity index (χ2n) is 5.33. The molecule has 5 heteroatoms. The van der Waals surface area contributed by atoms with Crippen LogP contribution in [0.5, 0.6) is 0 Å². The molecule has 0 saturated carbocycles. The van der Waals surface area contributed by atoms with Crippen molar-refractivity contribution in [3.63, 3.8) is 0 Å². The summed E-state index contributed by atoms with van der Waals surface area (Å²) >= 11 is 0. The van der Waals surface area contributed by atoms with Crippen molar-refractivity contribution >= 4 is 13.3 Å². The topological polar surface area (TPSA) is 74.6 Å². The molecule has 0 spiro atoms. The van der Waals surface area contributed by atoms with Crippen LogP contribution in [0.4, 0.5) is 0 Å². The highest BCUT2D eigenvalue weighted by molar-refractivity contribution is 7.58. The minimum atomic E-state index is -3.66. The Morgan fingerprint density at radius 3 is 1.91 bits per heavy atom. The molecule has 0 heterocycles. The van der Waals surface area contributed by atoms with Crippen LogP contribution >= 0.6 is 7.37 Å². The SMILES string of the molecule is CC(c1ccccc1)P(=O)(O)CC(C(=O)O)c1ccccc1. The van der Waals surface area contributed by atoms with Crippen molar-refractivity contribution in [2.24, 2.45) is 0 Å². The van der Waals surface area contributed by atoms with Crippen molar-refractivity contribution in [1.29, 1.82) is 0 Å². The smallest absolute Gasteiger partial charge is 0.311 e. The van der Waals surface area contributed by atoms with E-state index in [0.717, 1.165) is 5.56 Å². The largest absolute Gasteiger partial charge is 0.481 e. The Balaban J connectivity index is 2.25. The average Bonchev–Trinajstić information content (AvgIpc) is 2.53. The van der Waals surface area contributed by atoms with Gasteiger partial charge < -0.3 is 10.00 Å². The fourth-order valence-electron chi connectivity index (χ4n) is 2.40. The molecular formula is C17H19O4P. The van der Waals surface area contributed by atoms with Crippen LogP contribution in [0.15, 0.2) is 60.7 Å². The second-order valence-corrected chi connectivity index (χ2v) is 7.98. The third kappa shape index (κ3) is 3.85. The summed E-state index contributed by atoms with van der Waals surface area (Å²) in [6.07, 6.45) is -0.275. The lowest BCUT2D eigenvalue weighted by atomic mass is 10.0. The maximum atomic E-state index is 12.7. The van der Waals surface area contributed by atoms with Gasteiger partial charge in [-0.15, -0.1) is 0 Å². The molecule has 2 aromatic rings. The van der Waals surface area contributed by atoms with Crippen molar-refractivity contribution in [2.45, 2.75) is 18.5 Å². The Hall–Kier alpha value is -1.90. The van der Waals surface area contributed by atoms with Crippen LogP contribution in [-0.4, -0.2) is 22.1 Å². The Labute approximate surface area is 129 Å². The predicted molar refractivity (Wildman–Crippen MR) is 86.4 cm³/mol. The first-order valence-electron chi connectivity index (χ1n) is 7.06. The van der Waals surface area contributed by atoms with Gasteiger partial charge in [0.05, 0.1) is 11.6 Å². The monoisotopic (exact) mass is 318 g/mol. The lowest BCUT2D eigenvalue weighted by Gasteiger charge is -2.23. The lowest BCUT2D eigenvalue weighted by molar-refractivity contribution is -0.138. The average molecular weight is 318 g/mol. The van der Waals surface area contributed by atoms with E-state index in [9.17, 15) is 19.4 Å². The Morgan fingerprint density at radius 2 is 1.45 bits per heavy atom. The first-order chi connectivity index (χ1) is 10.4. The number of hydrogen-bond donors (Lipinski definition) is 2. The van der Waals surface area contributed by atoms with Crippen molar-refractivity contribution in [3.8, 4) is 0 Å². The molecule has 0 aliphatic heterocycles. The highest BCUT2D eigenvalue weighted by atomic mass is 31.2. The van der Waals surface area contributed by atoms with Crippen LogP contribution in [-0.2, 0) is 9.36 Å². The van der Waals surface area contributed by atoms with Crippen LogP contribution in [0.25, 0.3) is 0 Å². The summed E-state index contributed by atoms with van der Waals surface area (Å²) in [7, 11) is -3.66. The zero-order valence-electron chi connectivity index (χ0n) is 12.3. The molecule has 0 aliphatic carbocycles.